The van der Waals surface area contributed by atoms with E-state index < -0.39 is 5.97 Å². The maximum absolute atomic E-state index is 12.6. The number of esters is 1. The topological polar surface area (TPSA) is 131 Å². The van der Waals surface area contributed by atoms with Crippen molar-refractivity contribution in [3.63, 3.8) is 0 Å². The van der Waals surface area contributed by atoms with Gasteiger partial charge in [0.05, 0.1) is 13.2 Å². The predicted octanol–water partition coefficient (Wildman–Crippen LogP) is 2.35. The van der Waals surface area contributed by atoms with E-state index in [1.807, 2.05) is 12.1 Å². The number of anilines is 1. The van der Waals surface area contributed by atoms with Gasteiger partial charge in [0.15, 0.2) is 0 Å². The van der Waals surface area contributed by atoms with Gasteiger partial charge < -0.3 is 25.4 Å². The van der Waals surface area contributed by atoms with Crippen LogP contribution in [0, 0.1) is 11.3 Å². The van der Waals surface area contributed by atoms with E-state index >= 15 is 0 Å². The molecule has 0 spiro atoms. The van der Waals surface area contributed by atoms with Gasteiger partial charge in [-0.3, -0.25) is 15.2 Å². The number of nitrogens with one attached hydrogen (secondary N) is 2. The lowest BCUT2D eigenvalue weighted by molar-refractivity contribution is -0.137. The zero-order valence-corrected chi connectivity index (χ0v) is 19.3. The van der Waals surface area contributed by atoms with Crippen LogP contribution in [0.1, 0.15) is 30.9 Å². The predicted molar refractivity (Wildman–Crippen MR) is 131 cm³/mol. The molecule has 0 saturated carbocycles. The maximum atomic E-state index is 12.6. The van der Waals surface area contributed by atoms with Crippen molar-refractivity contribution in [1.29, 1.82) is 5.41 Å². The Morgan fingerprint density at radius 3 is 2.65 bits per heavy atom. The highest BCUT2D eigenvalue weighted by atomic mass is 16.5. The second-order valence-electron chi connectivity index (χ2n) is 7.86. The first-order chi connectivity index (χ1) is 16.5. The molecule has 1 aromatic heterocycles. The summed E-state index contributed by atoms with van der Waals surface area (Å²) in [6.45, 7) is 4.26. The number of carbonyl (C=O) groups excluding carboxylic acids is 2. The summed E-state index contributed by atoms with van der Waals surface area (Å²) in [4.78, 5) is 30.5. The number of aromatic nitrogens is 1. The van der Waals surface area contributed by atoms with Gasteiger partial charge in [-0.25, -0.2) is 4.79 Å². The van der Waals surface area contributed by atoms with E-state index in [1.165, 1.54) is 6.08 Å². The van der Waals surface area contributed by atoms with Crippen LogP contribution in [0.25, 0.3) is 6.08 Å². The number of pyridine rings is 1. The van der Waals surface area contributed by atoms with Gasteiger partial charge in [0.1, 0.15) is 18.2 Å². The van der Waals surface area contributed by atoms with E-state index in [1.54, 1.807) is 43.6 Å². The highest BCUT2D eigenvalue weighted by Gasteiger charge is 2.24. The minimum atomic E-state index is -0.452. The van der Waals surface area contributed by atoms with Crippen LogP contribution < -0.4 is 20.7 Å². The van der Waals surface area contributed by atoms with Crippen LogP contribution in [0.5, 0.6) is 5.75 Å². The molecule has 1 aliphatic rings. The first-order valence-electron chi connectivity index (χ1n) is 11.4. The van der Waals surface area contributed by atoms with Crippen molar-refractivity contribution in [2.75, 3.05) is 37.7 Å². The zero-order valence-electron chi connectivity index (χ0n) is 19.3. The molecule has 1 aliphatic heterocycles. The van der Waals surface area contributed by atoms with Gasteiger partial charge in [0.25, 0.3) is 0 Å². The van der Waals surface area contributed by atoms with Gasteiger partial charge in [0, 0.05) is 54.3 Å². The van der Waals surface area contributed by atoms with Crippen LogP contribution in [0.15, 0.2) is 48.8 Å². The normalized spacial score (nSPS) is 14.1. The number of amidine groups is 1. The summed E-state index contributed by atoms with van der Waals surface area (Å²) < 4.78 is 10.8. The summed E-state index contributed by atoms with van der Waals surface area (Å²) in [7, 11) is 0. The number of carbonyl (C=O) groups is 2. The Bertz CT molecular complexity index is 1020. The molecule has 1 aromatic carbocycles. The Morgan fingerprint density at radius 1 is 1.24 bits per heavy atom. The van der Waals surface area contributed by atoms with Crippen molar-refractivity contribution in [2.24, 2.45) is 11.7 Å². The van der Waals surface area contributed by atoms with Gasteiger partial charge in [-0.2, -0.15) is 0 Å². The molecule has 0 atom stereocenters. The molecular formula is C25H31N5O4. The summed E-state index contributed by atoms with van der Waals surface area (Å²) in [5.74, 6) is -0.0724. The second kappa shape index (κ2) is 12.4. The smallest absolute Gasteiger partial charge is 0.330 e. The molecule has 1 fully saturated rings. The SMILES string of the molecule is CCOC(=O)/C=C/c1ccc(C(=N)N)cc1OCCNC(=O)C1CCN(c2ccncc2)CC1. The van der Waals surface area contributed by atoms with Crippen LogP contribution in [0.2, 0.25) is 0 Å². The van der Waals surface area contributed by atoms with Crippen LogP contribution >= 0.6 is 0 Å². The Labute approximate surface area is 199 Å². The number of nitrogen functional groups attached to an aromatic ring is 1. The third-order valence-electron chi connectivity index (χ3n) is 5.56. The van der Waals surface area contributed by atoms with Crippen molar-refractivity contribution < 1.29 is 19.1 Å². The van der Waals surface area contributed by atoms with Crippen LogP contribution in [-0.4, -0.2) is 55.5 Å². The van der Waals surface area contributed by atoms with E-state index in [9.17, 15) is 9.59 Å². The summed E-state index contributed by atoms with van der Waals surface area (Å²) in [5, 5.41) is 10.6. The maximum Gasteiger partial charge on any atom is 0.330 e. The molecule has 4 N–H and O–H groups in total. The fraction of sp³-hybridized carbons (Fsp3) is 0.360. The summed E-state index contributed by atoms with van der Waals surface area (Å²) >= 11 is 0. The fourth-order valence-corrected chi connectivity index (χ4v) is 3.75. The third kappa shape index (κ3) is 7.06. The fourth-order valence-electron chi connectivity index (χ4n) is 3.75. The van der Waals surface area contributed by atoms with Crippen LogP contribution in [-0.2, 0) is 14.3 Å². The standard InChI is InChI=1S/C25H31N5O4/c1-2-33-23(31)6-5-18-3-4-20(24(26)27)17-22(18)34-16-13-29-25(32)19-9-14-30(15-10-19)21-7-11-28-12-8-21/h3-8,11-12,17,19H,2,9-10,13-16H2,1H3,(H3,26,27)(H,29,32)/b6-5+. The molecule has 0 unspecified atom stereocenters. The average Bonchev–Trinajstić information content (AvgIpc) is 2.86. The Hall–Kier alpha value is -3.88. The van der Waals surface area contributed by atoms with Crippen molar-refractivity contribution >= 4 is 29.5 Å². The number of nitrogens with two attached hydrogens (primary N) is 1. The number of ether oxygens (including phenoxy) is 2. The molecule has 0 bridgehead atoms. The highest BCUT2D eigenvalue weighted by Crippen LogP contribution is 2.24. The quantitative estimate of drug-likeness (QED) is 0.161. The van der Waals surface area contributed by atoms with Crippen LogP contribution in [0.4, 0.5) is 5.69 Å². The second-order valence-corrected chi connectivity index (χ2v) is 7.86. The Balaban J connectivity index is 1.49. The number of benzene rings is 1. The Morgan fingerprint density at radius 2 is 1.97 bits per heavy atom. The summed E-state index contributed by atoms with van der Waals surface area (Å²) in [6, 6.07) is 9.00. The Kier molecular flexibility index (Phi) is 9.02. The first kappa shape index (κ1) is 24.8. The highest BCUT2D eigenvalue weighted by molar-refractivity contribution is 5.96. The molecule has 180 valence electrons. The van der Waals surface area contributed by atoms with Crippen molar-refractivity contribution in [2.45, 2.75) is 19.8 Å². The minimum absolute atomic E-state index is 0.0257. The van der Waals surface area contributed by atoms with Gasteiger partial charge in [0.2, 0.25) is 5.91 Å². The van der Waals surface area contributed by atoms with Crippen molar-refractivity contribution in [1.82, 2.24) is 10.3 Å². The summed E-state index contributed by atoms with van der Waals surface area (Å²) in [5.41, 5.74) is 7.87. The van der Waals surface area contributed by atoms with E-state index in [-0.39, 0.29) is 30.9 Å². The van der Waals surface area contributed by atoms with Gasteiger partial charge in [-0.15, -0.1) is 0 Å². The van der Waals surface area contributed by atoms with E-state index in [0.717, 1.165) is 31.6 Å². The van der Waals surface area contributed by atoms with Crippen LogP contribution in [0.3, 0.4) is 0 Å². The van der Waals surface area contributed by atoms with Crippen molar-refractivity contribution in [3.05, 3.63) is 59.9 Å². The first-order valence-corrected chi connectivity index (χ1v) is 11.4. The molecule has 1 amide bonds. The molecule has 0 radical (unpaired) electrons. The molecule has 3 rings (SSSR count). The lowest BCUT2D eigenvalue weighted by atomic mass is 9.95. The molecular weight excluding hydrogens is 434 g/mol. The van der Waals surface area contributed by atoms with Gasteiger partial charge >= 0.3 is 5.97 Å². The number of nitrogens with zero attached hydrogens (tertiary/aromatic N) is 2. The molecule has 9 heteroatoms. The number of hydrogen-bond donors (Lipinski definition) is 3. The van der Waals surface area contributed by atoms with Crippen molar-refractivity contribution in [3.8, 4) is 5.75 Å². The monoisotopic (exact) mass is 465 g/mol. The largest absolute Gasteiger partial charge is 0.491 e. The third-order valence-corrected chi connectivity index (χ3v) is 5.56. The van der Waals surface area contributed by atoms with Gasteiger partial charge in [-0.1, -0.05) is 12.1 Å². The molecule has 9 nitrogen and oxygen atoms in total. The van der Waals surface area contributed by atoms with Gasteiger partial charge in [-0.05, 0) is 44.0 Å². The lowest BCUT2D eigenvalue weighted by Gasteiger charge is -2.32. The minimum Gasteiger partial charge on any atom is -0.491 e. The summed E-state index contributed by atoms with van der Waals surface area (Å²) in [6.07, 6.45) is 8.04. The molecule has 2 aromatic rings. The van der Waals surface area contributed by atoms with E-state index in [0.29, 0.717) is 23.4 Å². The van der Waals surface area contributed by atoms with E-state index in [2.05, 4.69) is 15.2 Å². The number of hydrogen-bond acceptors (Lipinski definition) is 7. The average molecular weight is 466 g/mol. The number of piperidine rings is 1. The molecule has 2 heterocycles. The number of amides is 1. The zero-order chi connectivity index (χ0) is 24.3. The van der Waals surface area contributed by atoms with E-state index in [4.69, 9.17) is 20.6 Å². The molecule has 34 heavy (non-hydrogen) atoms. The lowest BCUT2D eigenvalue weighted by Crippen LogP contribution is -2.41. The number of rotatable bonds is 10. The molecule has 1 saturated heterocycles. The molecule has 0 aliphatic carbocycles.